The van der Waals surface area contributed by atoms with Crippen LogP contribution >= 0.6 is 0 Å². The summed E-state index contributed by atoms with van der Waals surface area (Å²) in [6, 6.07) is -0.0798. The number of imidazole rings is 1. The molecule has 1 aliphatic heterocycles. The van der Waals surface area contributed by atoms with E-state index in [4.69, 9.17) is 0 Å². The molecule has 1 aromatic heterocycles. The first kappa shape index (κ1) is 11.1. The maximum Gasteiger partial charge on any atom is 0.243 e. The van der Waals surface area contributed by atoms with Crippen LogP contribution in [0.25, 0.3) is 0 Å². The number of hydrogen-bond donors (Lipinski definition) is 3. The lowest BCUT2D eigenvalue weighted by Gasteiger charge is -2.28. The number of nitrogens with one attached hydrogen (secondary N) is 3. The van der Waals surface area contributed by atoms with Crippen LogP contribution in [0.3, 0.4) is 0 Å². The number of hydrogen-bond acceptors (Lipinski definition) is 3. The van der Waals surface area contributed by atoms with Gasteiger partial charge in [0.05, 0.1) is 6.04 Å². The van der Waals surface area contributed by atoms with E-state index in [1.165, 1.54) is 6.42 Å². The van der Waals surface area contributed by atoms with Crippen molar-refractivity contribution in [3.63, 3.8) is 0 Å². The topological polar surface area (TPSA) is 69.8 Å². The number of piperidine rings is 1. The Hall–Kier alpha value is -1.36. The van der Waals surface area contributed by atoms with Crippen LogP contribution in [-0.2, 0) is 4.79 Å². The van der Waals surface area contributed by atoms with Gasteiger partial charge in [-0.15, -0.1) is 0 Å². The summed E-state index contributed by atoms with van der Waals surface area (Å²) in [5.41, 5.74) is 0. The van der Waals surface area contributed by atoms with E-state index in [9.17, 15) is 4.79 Å². The van der Waals surface area contributed by atoms with E-state index in [1.54, 1.807) is 12.4 Å². The van der Waals surface area contributed by atoms with Gasteiger partial charge in [-0.1, -0.05) is 13.3 Å². The maximum atomic E-state index is 11.9. The third-order valence-electron chi connectivity index (χ3n) is 3.15. The van der Waals surface area contributed by atoms with Gasteiger partial charge in [-0.05, 0) is 25.3 Å². The van der Waals surface area contributed by atoms with Crippen LogP contribution in [-0.4, -0.2) is 28.5 Å². The quantitative estimate of drug-likeness (QED) is 0.718. The Balaban J connectivity index is 1.89. The van der Waals surface area contributed by atoms with Crippen molar-refractivity contribution >= 4 is 11.9 Å². The molecular formula is C11H18N4O. The third kappa shape index (κ3) is 2.61. The van der Waals surface area contributed by atoms with E-state index in [-0.39, 0.29) is 11.9 Å². The number of rotatable bonds is 3. The minimum absolute atomic E-state index is 0.00750. The molecule has 16 heavy (non-hydrogen) atoms. The molecule has 2 rings (SSSR count). The van der Waals surface area contributed by atoms with Gasteiger partial charge in [0.25, 0.3) is 0 Å². The fraction of sp³-hybridized carbons (Fsp3) is 0.636. The van der Waals surface area contributed by atoms with Crippen molar-refractivity contribution in [1.82, 2.24) is 15.3 Å². The minimum Gasteiger partial charge on any atom is -0.331 e. The Labute approximate surface area is 95.0 Å². The Morgan fingerprint density at radius 1 is 1.69 bits per heavy atom. The van der Waals surface area contributed by atoms with Crippen LogP contribution in [0, 0.1) is 5.92 Å². The highest BCUT2D eigenvalue weighted by molar-refractivity contribution is 5.93. The first-order valence-electron chi connectivity index (χ1n) is 5.83. The zero-order valence-corrected chi connectivity index (χ0v) is 9.49. The average Bonchev–Trinajstić information content (AvgIpc) is 2.82. The standard InChI is InChI=1S/C11H18N4O/c1-2-8-3-4-12-9(7-8)10(16)15-11-13-5-6-14-11/h5-6,8-9,12H,2-4,7H2,1H3,(H2,13,14,15,16). The molecule has 2 atom stereocenters. The van der Waals surface area contributed by atoms with E-state index in [0.717, 1.165) is 19.4 Å². The highest BCUT2D eigenvalue weighted by atomic mass is 16.2. The number of anilines is 1. The van der Waals surface area contributed by atoms with Crippen LogP contribution < -0.4 is 10.6 Å². The van der Waals surface area contributed by atoms with Crippen LogP contribution in [0.15, 0.2) is 12.4 Å². The van der Waals surface area contributed by atoms with Crippen molar-refractivity contribution in [2.24, 2.45) is 5.92 Å². The molecule has 0 radical (unpaired) electrons. The van der Waals surface area contributed by atoms with Crippen molar-refractivity contribution in [1.29, 1.82) is 0 Å². The van der Waals surface area contributed by atoms with Crippen molar-refractivity contribution in [2.75, 3.05) is 11.9 Å². The Morgan fingerprint density at radius 3 is 3.25 bits per heavy atom. The number of carbonyl (C=O) groups excluding carboxylic acids is 1. The molecule has 1 saturated heterocycles. The number of amides is 1. The molecule has 2 heterocycles. The molecule has 2 unspecified atom stereocenters. The lowest BCUT2D eigenvalue weighted by atomic mass is 9.90. The van der Waals surface area contributed by atoms with Gasteiger partial charge in [0, 0.05) is 12.4 Å². The molecule has 1 aliphatic rings. The molecule has 5 heteroatoms. The van der Waals surface area contributed by atoms with E-state index in [0.29, 0.717) is 11.9 Å². The van der Waals surface area contributed by atoms with Crippen LogP contribution in [0.4, 0.5) is 5.95 Å². The highest BCUT2D eigenvalue weighted by Crippen LogP contribution is 2.19. The fourth-order valence-electron chi connectivity index (χ4n) is 2.10. The van der Waals surface area contributed by atoms with Crippen molar-refractivity contribution in [3.8, 4) is 0 Å². The highest BCUT2D eigenvalue weighted by Gasteiger charge is 2.26. The number of carbonyl (C=O) groups is 1. The van der Waals surface area contributed by atoms with E-state index in [2.05, 4.69) is 27.5 Å². The van der Waals surface area contributed by atoms with Gasteiger partial charge in [-0.2, -0.15) is 0 Å². The summed E-state index contributed by atoms with van der Waals surface area (Å²) in [6.07, 6.45) is 6.55. The van der Waals surface area contributed by atoms with Crippen molar-refractivity contribution in [2.45, 2.75) is 32.2 Å². The summed E-state index contributed by atoms with van der Waals surface area (Å²) < 4.78 is 0. The number of aromatic nitrogens is 2. The van der Waals surface area contributed by atoms with Gasteiger partial charge in [0.15, 0.2) is 0 Å². The van der Waals surface area contributed by atoms with Crippen molar-refractivity contribution in [3.05, 3.63) is 12.4 Å². The Kier molecular flexibility index (Phi) is 3.56. The fourth-order valence-corrected chi connectivity index (χ4v) is 2.10. The predicted octanol–water partition coefficient (Wildman–Crippen LogP) is 1.13. The summed E-state index contributed by atoms with van der Waals surface area (Å²) in [6.45, 7) is 3.10. The normalized spacial score (nSPS) is 25.3. The lowest BCUT2D eigenvalue weighted by molar-refractivity contribution is -0.119. The summed E-state index contributed by atoms with van der Waals surface area (Å²) in [5.74, 6) is 1.19. The first-order chi connectivity index (χ1) is 7.79. The van der Waals surface area contributed by atoms with Crippen LogP contribution in [0.1, 0.15) is 26.2 Å². The molecule has 0 aliphatic carbocycles. The van der Waals surface area contributed by atoms with Gasteiger partial charge in [0.2, 0.25) is 11.9 Å². The molecule has 88 valence electrons. The summed E-state index contributed by atoms with van der Waals surface area (Å²) in [7, 11) is 0. The van der Waals surface area contributed by atoms with Gasteiger partial charge in [-0.25, -0.2) is 4.98 Å². The number of H-pyrrole nitrogens is 1. The molecule has 1 aromatic rings. The molecule has 5 nitrogen and oxygen atoms in total. The SMILES string of the molecule is CCC1CCNC(C(=O)Nc2ncc[nH]2)C1. The summed E-state index contributed by atoms with van der Waals surface area (Å²) in [5, 5.41) is 6.01. The van der Waals surface area contributed by atoms with Gasteiger partial charge >= 0.3 is 0 Å². The van der Waals surface area contributed by atoms with Gasteiger partial charge < -0.3 is 10.3 Å². The monoisotopic (exact) mass is 222 g/mol. The third-order valence-corrected chi connectivity index (χ3v) is 3.15. The Morgan fingerprint density at radius 2 is 2.56 bits per heavy atom. The Bertz CT molecular complexity index is 336. The smallest absolute Gasteiger partial charge is 0.243 e. The molecule has 1 fully saturated rings. The average molecular weight is 222 g/mol. The molecule has 0 spiro atoms. The van der Waals surface area contributed by atoms with E-state index >= 15 is 0 Å². The summed E-state index contributed by atoms with van der Waals surface area (Å²) >= 11 is 0. The zero-order valence-electron chi connectivity index (χ0n) is 9.49. The second-order valence-corrected chi connectivity index (χ2v) is 4.23. The number of nitrogens with zero attached hydrogens (tertiary/aromatic N) is 1. The van der Waals surface area contributed by atoms with E-state index in [1.807, 2.05) is 0 Å². The second-order valence-electron chi connectivity index (χ2n) is 4.23. The summed E-state index contributed by atoms with van der Waals surface area (Å²) in [4.78, 5) is 18.7. The first-order valence-corrected chi connectivity index (χ1v) is 5.83. The molecule has 0 aromatic carbocycles. The maximum absolute atomic E-state index is 11.9. The largest absolute Gasteiger partial charge is 0.331 e. The van der Waals surface area contributed by atoms with Crippen LogP contribution in [0.2, 0.25) is 0 Å². The number of aromatic amines is 1. The van der Waals surface area contributed by atoms with E-state index < -0.39 is 0 Å². The lowest BCUT2D eigenvalue weighted by Crippen LogP contribution is -2.46. The minimum atomic E-state index is -0.0798. The van der Waals surface area contributed by atoms with Gasteiger partial charge in [-0.3, -0.25) is 10.1 Å². The molecule has 1 amide bonds. The molecule has 3 N–H and O–H groups in total. The van der Waals surface area contributed by atoms with Crippen molar-refractivity contribution < 1.29 is 4.79 Å². The molecular weight excluding hydrogens is 204 g/mol. The van der Waals surface area contributed by atoms with Gasteiger partial charge in [0.1, 0.15) is 0 Å². The molecule has 0 saturated carbocycles. The van der Waals surface area contributed by atoms with Crippen LogP contribution in [0.5, 0.6) is 0 Å². The predicted molar refractivity (Wildman–Crippen MR) is 62.0 cm³/mol. The zero-order chi connectivity index (χ0) is 11.4. The second kappa shape index (κ2) is 5.12. The molecule has 0 bridgehead atoms.